The summed E-state index contributed by atoms with van der Waals surface area (Å²) in [4.78, 5) is 28.3. The van der Waals surface area contributed by atoms with E-state index in [-0.39, 0.29) is 24.5 Å². The van der Waals surface area contributed by atoms with E-state index in [0.717, 1.165) is 55.8 Å². The maximum absolute atomic E-state index is 12.7. The average Bonchev–Trinajstić information content (AvgIpc) is 3.37. The third-order valence-corrected chi connectivity index (χ3v) is 5.48. The minimum atomic E-state index is -0.214. The van der Waals surface area contributed by atoms with Crippen LogP contribution in [0.3, 0.4) is 0 Å². The summed E-state index contributed by atoms with van der Waals surface area (Å²) in [5.74, 6) is 1.93. The number of urea groups is 1. The number of benzene rings is 1. The van der Waals surface area contributed by atoms with Crippen LogP contribution in [0.2, 0.25) is 0 Å². The first kappa shape index (κ1) is 17.9. The highest BCUT2D eigenvalue weighted by atomic mass is 16.6. The van der Waals surface area contributed by atoms with Crippen molar-refractivity contribution in [1.82, 2.24) is 15.1 Å². The van der Waals surface area contributed by atoms with E-state index in [2.05, 4.69) is 5.32 Å². The SMILES string of the molecule is CN(CC(=O)N1CCCC1)C(=O)N[C@@H](c1ccc2c(c1)OCCO2)C1CC1. The Hall–Kier alpha value is -2.44. The molecule has 27 heavy (non-hydrogen) atoms. The summed E-state index contributed by atoms with van der Waals surface area (Å²) in [6.07, 6.45) is 4.29. The minimum Gasteiger partial charge on any atom is -0.486 e. The molecule has 7 heteroatoms. The number of likely N-dealkylation sites (tertiary alicyclic amines) is 1. The molecule has 7 nitrogen and oxygen atoms in total. The van der Waals surface area contributed by atoms with Crippen LogP contribution in [-0.2, 0) is 4.79 Å². The van der Waals surface area contributed by atoms with E-state index in [1.165, 1.54) is 4.90 Å². The molecule has 2 heterocycles. The van der Waals surface area contributed by atoms with Crippen LogP contribution < -0.4 is 14.8 Å². The number of carbonyl (C=O) groups is 2. The standard InChI is InChI=1S/C20H27N3O4/c1-22(13-18(24)23-8-2-3-9-23)20(25)21-19(14-4-5-14)15-6-7-16-17(12-15)27-11-10-26-16/h6-7,12,14,19H,2-5,8-11,13H2,1H3,(H,21,25)/t19-/m1/s1. The molecule has 3 amide bonds. The van der Waals surface area contributed by atoms with E-state index in [1.807, 2.05) is 23.1 Å². The van der Waals surface area contributed by atoms with Crippen molar-refractivity contribution in [2.75, 3.05) is 39.9 Å². The lowest BCUT2D eigenvalue weighted by Crippen LogP contribution is -2.45. The van der Waals surface area contributed by atoms with Gasteiger partial charge in [-0.1, -0.05) is 6.07 Å². The molecule has 0 spiro atoms. The van der Waals surface area contributed by atoms with Crippen molar-refractivity contribution in [2.45, 2.75) is 31.7 Å². The number of nitrogens with one attached hydrogen (secondary N) is 1. The van der Waals surface area contributed by atoms with Crippen LogP contribution in [0.25, 0.3) is 0 Å². The van der Waals surface area contributed by atoms with Gasteiger partial charge in [-0.15, -0.1) is 0 Å². The van der Waals surface area contributed by atoms with Gasteiger partial charge in [-0.25, -0.2) is 4.79 Å². The van der Waals surface area contributed by atoms with Crippen LogP contribution in [0.4, 0.5) is 4.79 Å². The summed E-state index contributed by atoms with van der Waals surface area (Å²) >= 11 is 0. The fraction of sp³-hybridized carbons (Fsp3) is 0.600. The molecule has 0 bridgehead atoms. The Bertz CT molecular complexity index is 713. The second-order valence-corrected chi connectivity index (χ2v) is 7.61. The number of ether oxygens (including phenoxy) is 2. The van der Waals surface area contributed by atoms with Gasteiger partial charge in [0.25, 0.3) is 0 Å². The summed E-state index contributed by atoms with van der Waals surface area (Å²) in [6.45, 7) is 2.82. The summed E-state index contributed by atoms with van der Waals surface area (Å²) in [5.41, 5.74) is 1.02. The van der Waals surface area contributed by atoms with Crippen LogP contribution in [0.1, 0.15) is 37.3 Å². The van der Waals surface area contributed by atoms with Crippen LogP contribution >= 0.6 is 0 Å². The van der Waals surface area contributed by atoms with Crippen molar-refractivity contribution in [2.24, 2.45) is 5.92 Å². The number of hydrogen-bond donors (Lipinski definition) is 1. The third kappa shape index (κ3) is 4.12. The molecule has 1 aromatic carbocycles. The number of nitrogens with zero attached hydrogens (tertiary/aromatic N) is 2. The van der Waals surface area contributed by atoms with Crippen molar-refractivity contribution in [3.05, 3.63) is 23.8 Å². The fourth-order valence-corrected chi connectivity index (χ4v) is 3.74. The second kappa shape index (κ2) is 7.66. The zero-order valence-electron chi connectivity index (χ0n) is 15.8. The van der Waals surface area contributed by atoms with Crippen molar-refractivity contribution in [3.63, 3.8) is 0 Å². The number of rotatable bonds is 5. The molecule has 1 saturated carbocycles. The topological polar surface area (TPSA) is 71.1 Å². The van der Waals surface area contributed by atoms with Gasteiger partial charge in [-0.3, -0.25) is 4.79 Å². The highest BCUT2D eigenvalue weighted by Gasteiger charge is 2.35. The monoisotopic (exact) mass is 373 g/mol. The molecule has 1 N–H and O–H groups in total. The molecular formula is C20H27N3O4. The Morgan fingerprint density at radius 1 is 1.19 bits per heavy atom. The number of fused-ring (bicyclic) bond motifs is 1. The normalized spacial score (nSPS) is 19.5. The lowest BCUT2D eigenvalue weighted by atomic mass is 10.0. The Kier molecular flexibility index (Phi) is 5.09. The quantitative estimate of drug-likeness (QED) is 0.859. The summed E-state index contributed by atoms with van der Waals surface area (Å²) < 4.78 is 11.3. The highest BCUT2D eigenvalue weighted by Crippen LogP contribution is 2.43. The van der Waals surface area contributed by atoms with Crippen LogP contribution in [0.5, 0.6) is 11.5 Å². The maximum Gasteiger partial charge on any atom is 0.318 e. The van der Waals surface area contributed by atoms with E-state index >= 15 is 0 Å². The number of hydrogen-bond acceptors (Lipinski definition) is 4. The number of amides is 3. The first-order valence-corrected chi connectivity index (χ1v) is 9.81. The van der Waals surface area contributed by atoms with Crippen LogP contribution in [0.15, 0.2) is 18.2 Å². The van der Waals surface area contributed by atoms with Crippen molar-refractivity contribution in [3.8, 4) is 11.5 Å². The van der Waals surface area contributed by atoms with Gasteiger partial charge in [-0.05, 0) is 49.3 Å². The molecule has 0 unspecified atom stereocenters. The first-order chi connectivity index (χ1) is 13.1. The lowest BCUT2D eigenvalue weighted by molar-refractivity contribution is -0.130. The molecule has 4 rings (SSSR count). The zero-order valence-corrected chi connectivity index (χ0v) is 15.8. The van der Waals surface area contributed by atoms with Crippen molar-refractivity contribution in [1.29, 1.82) is 0 Å². The van der Waals surface area contributed by atoms with Gasteiger partial charge in [0.2, 0.25) is 5.91 Å². The summed E-state index contributed by atoms with van der Waals surface area (Å²) in [6, 6.07) is 5.58. The molecule has 0 radical (unpaired) electrons. The van der Waals surface area contributed by atoms with Gasteiger partial charge in [-0.2, -0.15) is 0 Å². The molecule has 2 fully saturated rings. The average molecular weight is 373 g/mol. The number of carbonyl (C=O) groups excluding carboxylic acids is 2. The van der Waals surface area contributed by atoms with Gasteiger partial charge in [0.05, 0.1) is 6.04 Å². The fourth-order valence-electron chi connectivity index (χ4n) is 3.74. The predicted molar refractivity (Wildman–Crippen MR) is 99.9 cm³/mol. The van der Waals surface area contributed by atoms with Gasteiger partial charge in [0.15, 0.2) is 11.5 Å². The van der Waals surface area contributed by atoms with Crippen LogP contribution in [0, 0.1) is 5.92 Å². The Morgan fingerprint density at radius 3 is 2.59 bits per heavy atom. The molecule has 146 valence electrons. The minimum absolute atomic E-state index is 0.0208. The van der Waals surface area contributed by atoms with E-state index < -0.39 is 0 Å². The molecule has 1 saturated heterocycles. The molecule has 1 aliphatic carbocycles. The molecule has 2 aliphatic heterocycles. The van der Waals surface area contributed by atoms with E-state index in [0.29, 0.717) is 19.1 Å². The molecule has 1 aromatic rings. The molecular weight excluding hydrogens is 346 g/mol. The Labute approximate surface area is 159 Å². The summed E-state index contributed by atoms with van der Waals surface area (Å²) in [5, 5.41) is 3.12. The van der Waals surface area contributed by atoms with Crippen LogP contribution in [-0.4, -0.2) is 61.6 Å². The predicted octanol–water partition coefficient (Wildman–Crippen LogP) is 2.17. The largest absolute Gasteiger partial charge is 0.486 e. The van der Waals surface area contributed by atoms with Gasteiger partial charge < -0.3 is 24.6 Å². The smallest absolute Gasteiger partial charge is 0.318 e. The van der Waals surface area contributed by atoms with Gasteiger partial charge in [0, 0.05) is 20.1 Å². The highest BCUT2D eigenvalue weighted by molar-refractivity contribution is 5.84. The summed E-state index contributed by atoms with van der Waals surface area (Å²) in [7, 11) is 1.68. The van der Waals surface area contributed by atoms with Crippen molar-refractivity contribution < 1.29 is 19.1 Å². The van der Waals surface area contributed by atoms with E-state index in [1.54, 1.807) is 7.05 Å². The molecule has 0 aromatic heterocycles. The maximum atomic E-state index is 12.7. The van der Waals surface area contributed by atoms with Gasteiger partial charge in [0.1, 0.15) is 19.8 Å². The first-order valence-electron chi connectivity index (χ1n) is 9.81. The van der Waals surface area contributed by atoms with E-state index in [4.69, 9.17) is 9.47 Å². The van der Waals surface area contributed by atoms with Gasteiger partial charge >= 0.3 is 6.03 Å². The zero-order chi connectivity index (χ0) is 18.8. The Balaban J connectivity index is 1.40. The number of likely N-dealkylation sites (N-methyl/N-ethyl adjacent to an activating group) is 1. The second-order valence-electron chi connectivity index (χ2n) is 7.61. The van der Waals surface area contributed by atoms with Crippen molar-refractivity contribution >= 4 is 11.9 Å². The Morgan fingerprint density at radius 2 is 1.89 bits per heavy atom. The van der Waals surface area contributed by atoms with E-state index in [9.17, 15) is 9.59 Å². The lowest BCUT2D eigenvalue weighted by Gasteiger charge is -2.26. The molecule has 1 atom stereocenters. The molecule has 3 aliphatic rings. The third-order valence-electron chi connectivity index (χ3n) is 5.48.